The van der Waals surface area contributed by atoms with E-state index in [-0.39, 0.29) is 28.0 Å². The molecule has 8 nitrogen and oxygen atoms in total. The number of rotatable bonds is 7. The zero-order valence-corrected chi connectivity index (χ0v) is 20.1. The van der Waals surface area contributed by atoms with Gasteiger partial charge in [-0.1, -0.05) is 6.07 Å². The van der Waals surface area contributed by atoms with Crippen molar-refractivity contribution in [3.05, 3.63) is 53.1 Å². The summed E-state index contributed by atoms with van der Waals surface area (Å²) in [5.41, 5.74) is 2.86. The summed E-state index contributed by atoms with van der Waals surface area (Å²) in [6.45, 7) is 3.02. The van der Waals surface area contributed by atoms with Crippen LogP contribution in [0.25, 0.3) is 0 Å². The van der Waals surface area contributed by atoms with Crippen LogP contribution in [-0.2, 0) is 32.4 Å². The summed E-state index contributed by atoms with van der Waals surface area (Å²) < 4.78 is 33.7. The highest BCUT2D eigenvalue weighted by molar-refractivity contribution is 7.92. The maximum Gasteiger partial charge on any atom is 0.337 e. The lowest BCUT2D eigenvalue weighted by molar-refractivity contribution is -0.148. The molecule has 34 heavy (non-hydrogen) atoms. The van der Waals surface area contributed by atoms with Gasteiger partial charge in [-0.15, -0.1) is 0 Å². The summed E-state index contributed by atoms with van der Waals surface area (Å²) >= 11 is 0. The van der Waals surface area contributed by atoms with E-state index in [0.29, 0.717) is 31.8 Å². The molecule has 9 heteroatoms. The van der Waals surface area contributed by atoms with Crippen LogP contribution in [0.4, 0.5) is 11.4 Å². The molecule has 0 bridgehead atoms. The molecule has 1 saturated heterocycles. The number of nitrogens with one attached hydrogen (secondary N) is 1. The van der Waals surface area contributed by atoms with E-state index in [2.05, 4.69) is 4.72 Å². The molecule has 1 aliphatic heterocycles. The Kier molecular flexibility index (Phi) is 7.11. The van der Waals surface area contributed by atoms with E-state index in [0.717, 1.165) is 37.7 Å². The summed E-state index contributed by atoms with van der Waals surface area (Å²) in [6.07, 6.45) is 5.39. The Morgan fingerprint density at radius 3 is 2.59 bits per heavy atom. The minimum atomic E-state index is -3.87. The summed E-state index contributed by atoms with van der Waals surface area (Å²) in [5, 5.41) is 9.83. The van der Waals surface area contributed by atoms with Crippen LogP contribution >= 0.6 is 0 Å². The maximum atomic E-state index is 13.0. The molecule has 2 aromatic rings. The number of carboxylic acids is 1. The van der Waals surface area contributed by atoms with Crippen LogP contribution in [0, 0.1) is 5.92 Å². The Hall–Kier alpha value is -3.07. The lowest BCUT2D eigenvalue weighted by Gasteiger charge is -2.34. The highest BCUT2D eigenvalue weighted by Gasteiger charge is 2.29. The molecule has 1 fully saturated rings. The first-order valence-corrected chi connectivity index (χ1v) is 13.2. The number of carbonyl (C=O) groups excluding carboxylic acids is 1. The quantitative estimate of drug-likeness (QED) is 0.572. The van der Waals surface area contributed by atoms with Gasteiger partial charge in [0.25, 0.3) is 10.0 Å². The van der Waals surface area contributed by atoms with Gasteiger partial charge in [-0.25, -0.2) is 13.2 Å². The van der Waals surface area contributed by atoms with Crippen molar-refractivity contribution >= 4 is 33.3 Å². The van der Waals surface area contributed by atoms with Gasteiger partial charge in [-0.3, -0.25) is 9.52 Å². The number of nitrogens with zero attached hydrogens (tertiary/aromatic N) is 1. The number of esters is 1. The molecule has 0 radical (unpaired) electrons. The number of fused-ring (bicyclic) bond motifs is 1. The molecule has 1 heterocycles. The molecule has 2 N–H and O–H groups in total. The monoisotopic (exact) mass is 486 g/mol. The van der Waals surface area contributed by atoms with Gasteiger partial charge >= 0.3 is 11.9 Å². The number of anilines is 2. The molecule has 0 saturated carbocycles. The van der Waals surface area contributed by atoms with Gasteiger partial charge in [0.1, 0.15) is 0 Å². The molecule has 2 aromatic carbocycles. The van der Waals surface area contributed by atoms with Crippen molar-refractivity contribution in [1.82, 2.24) is 0 Å². The van der Waals surface area contributed by atoms with Crippen LogP contribution in [0.1, 0.15) is 54.1 Å². The van der Waals surface area contributed by atoms with Crippen LogP contribution in [0.5, 0.6) is 0 Å². The lowest BCUT2D eigenvalue weighted by Crippen LogP contribution is -2.40. The van der Waals surface area contributed by atoms with E-state index in [9.17, 15) is 23.1 Å². The smallest absolute Gasteiger partial charge is 0.337 e. The van der Waals surface area contributed by atoms with E-state index < -0.39 is 16.0 Å². The molecule has 1 unspecified atom stereocenters. The molecule has 1 aliphatic carbocycles. The second-order valence-corrected chi connectivity index (χ2v) is 10.5. The third-order valence-corrected chi connectivity index (χ3v) is 7.87. The number of hydrogen-bond donors (Lipinski definition) is 2. The fourth-order valence-electron chi connectivity index (χ4n) is 4.79. The van der Waals surface area contributed by atoms with Gasteiger partial charge in [0.05, 0.1) is 28.7 Å². The second-order valence-electron chi connectivity index (χ2n) is 8.82. The van der Waals surface area contributed by atoms with E-state index in [4.69, 9.17) is 4.74 Å². The molecule has 0 aromatic heterocycles. The van der Waals surface area contributed by atoms with Gasteiger partial charge in [-0.2, -0.15) is 0 Å². The Morgan fingerprint density at radius 1 is 1.09 bits per heavy atom. The van der Waals surface area contributed by atoms with Gasteiger partial charge in [0.15, 0.2) is 0 Å². The number of piperidine rings is 1. The van der Waals surface area contributed by atoms with Crippen LogP contribution in [-0.4, -0.2) is 45.2 Å². The second kappa shape index (κ2) is 10.0. The number of carbonyl (C=O) groups is 2. The zero-order valence-electron chi connectivity index (χ0n) is 19.2. The van der Waals surface area contributed by atoms with Crippen molar-refractivity contribution in [3.8, 4) is 0 Å². The number of aryl methyl sites for hydroxylation is 2. The summed E-state index contributed by atoms with van der Waals surface area (Å²) in [6, 6.07) is 9.68. The van der Waals surface area contributed by atoms with Gasteiger partial charge in [0, 0.05) is 18.8 Å². The summed E-state index contributed by atoms with van der Waals surface area (Å²) in [5.74, 6) is -1.76. The third-order valence-electron chi connectivity index (χ3n) is 6.49. The lowest BCUT2D eigenvalue weighted by atomic mass is 9.92. The SMILES string of the molecule is CCOC(=O)C1CCCN(c2ccc(NS(=O)(=O)c3ccc4c(c3)CCCC4)cc2C(=O)O)C1. The number of sulfonamides is 1. The van der Waals surface area contributed by atoms with Gasteiger partial charge in [-0.05, 0) is 86.9 Å². The van der Waals surface area contributed by atoms with Crippen molar-refractivity contribution < 1.29 is 27.9 Å². The highest BCUT2D eigenvalue weighted by atomic mass is 32.2. The standard InChI is InChI=1S/C25H30N2O6S/c1-2-33-25(30)19-8-5-13-27(16-19)23-12-10-20(15-22(23)24(28)29)26-34(31,32)21-11-9-17-6-3-4-7-18(17)14-21/h9-12,14-15,19,26H,2-8,13,16H2,1H3,(H,28,29). The molecule has 182 valence electrons. The van der Waals surface area contributed by atoms with Crippen LogP contribution in [0.2, 0.25) is 0 Å². The largest absolute Gasteiger partial charge is 0.478 e. The van der Waals surface area contributed by atoms with Crippen molar-refractivity contribution in [1.29, 1.82) is 0 Å². The molecule has 0 amide bonds. The maximum absolute atomic E-state index is 13.0. The Balaban J connectivity index is 1.57. The number of carboxylic acid groups (broad SMARTS) is 1. The van der Waals surface area contributed by atoms with Crippen LogP contribution in [0.15, 0.2) is 41.3 Å². The van der Waals surface area contributed by atoms with Crippen molar-refractivity contribution in [2.24, 2.45) is 5.92 Å². The summed E-state index contributed by atoms with van der Waals surface area (Å²) in [4.78, 5) is 26.2. The first-order chi connectivity index (χ1) is 16.3. The minimum Gasteiger partial charge on any atom is -0.478 e. The first kappa shape index (κ1) is 24.1. The Labute approximate surface area is 200 Å². The van der Waals surface area contributed by atoms with E-state index >= 15 is 0 Å². The van der Waals surface area contributed by atoms with Crippen molar-refractivity contribution in [3.63, 3.8) is 0 Å². The zero-order chi connectivity index (χ0) is 24.3. The highest BCUT2D eigenvalue weighted by Crippen LogP contribution is 2.31. The van der Waals surface area contributed by atoms with Crippen LogP contribution in [0.3, 0.4) is 0 Å². The average Bonchev–Trinajstić information content (AvgIpc) is 2.83. The predicted octanol–water partition coefficient (Wildman–Crippen LogP) is 3.84. The Bertz CT molecular complexity index is 1190. The number of hydrogen-bond acceptors (Lipinski definition) is 6. The van der Waals surface area contributed by atoms with E-state index in [1.165, 1.54) is 11.6 Å². The minimum absolute atomic E-state index is 0.0184. The molecule has 4 rings (SSSR count). The van der Waals surface area contributed by atoms with Crippen molar-refractivity contribution in [2.45, 2.75) is 50.3 Å². The van der Waals surface area contributed by atoms with Gasteiger partial charge < -0.3 is 14.7 Å². The predicted molar refractivity (Wildman–Crippen MR) is 129 cm³/mol. The molecular formula is C25H30N2O6S. The number of aromatic carboxylic acids is 1. The number of benzene rings is 2. The normalized spacial score (nSPS) is 18.1. The molecule has 0 spiro atoms. The fourth-order valence-corrected chi connectivity index (χ4v) is 5.89. The molecule has 1 atom stereocenters. The third kappa shape index (κ3) is 5.19. The Morgan fingerprint density at radius 2 is 1.85 bits per heavy atom. The molecular weight excluding hydrogens is 456 g/mol. The fraction of sp³-hybridized carbons (Fsp3) is 0.440. The van der Waals surface area contributed by atoms with Gasteiger partial charge in [0.2, 0.25) is 0 Å². The van der Waals surface area contributed by atoms with E-state index in [1.807, 2.05) is 11.0 Å². The van der Waals surface area contributed by atoms with E-state index in [1.54, 1.807) is 31.2 Å². The molecule has 2 aliphatic rings. The van der Waals surface area contributed by atoms with Crippen LogP contribution < -0.4 is 9.62 Å². The summed E-state index contributed by atoms with van der Waals surface area (Å²) in [7, 11) is -3.87. The number of ether oxygens (including phenoxy) is 1. The first-order valence-electron chi connectivity index (χ1n) is 11.7. The van der Waals surface area contributed by atoms with Crippen molar-refractivity contribution in [2.75, 3.05) is 29.3 Å². The topological polar surface area (TPSA) is 113 Å². The average molecular weight is 487 g/mol.